The van der Waals surface area contributed by atoms with E-state index in [1.807, 2.05) is 13.1 Å². The first-order chi connectivity index (χ1) is 16.5. The maximum Gasteiger partial charge on any atom is 0.273 e. The number of likely N-dealkylation sites (N-methyl/N-ethyl adjacent to an activating group) is 1. The van der Waals surface area contributed by atoms with Crippen molar-refractivity contribution in [2.75, 3.05) is 45.2 Å². The number of hydrogen-bond donors (Lipinski definition) is 2. The number of para-hydroxylation sites is 1. The summed E-state index contributed by atoms with van der Waals surface area (Å²) < 4.78 is 15.7. The Balaban J connectivity index is 1.60. The number of rotatable bonds is 5. The third-order valence-corrected chi connectivity index (χ3v) is 6.41. The largest absolute Gasteiger partial charge is 0.369 e. The van der Waals surface area contributed by atoms with Gasteiger partial charge in [0.15, 0.2) is 0 Å². The minimum atomic E-state index is -0.494. The van der Waals surface area contributed by atoms with Crippen molar-refractivity contribution >= 4 is 16.7 Å². The average Bonchev–Trinajstić information content (AvgIpc) is 3.22. The van der Waals surface area contributed by atoms with Crippen LogP contribution in [0.4, 0.5) is 10.1 Å². The first kappa shape index (κ1) is 22.2. The molecule has 0 unspecified atom stereocenters. The predicted octanol–water partition coefficient (Wildman–Crippen LogP) is 2.69. The fraction of sp³-hybridized carbons (Fsp3) is 0.320. The number of aromatic amines is 1. The third kappa shape index (κ3) is 3.97. The van der Waals surface area contributed by atoms with E-state index in [1.165, 1.54) is 23.4 Å². The van der Waals surface area contributed by atoms with Crippen molar-refractivity contribution in [3.8, 4) is 16.9 Å². The standard InChI is InChI=1S/C25H28FN7O/c1-16-5-4-6-19(26)25(16)33-22(34)14-20-24(30-33)23(29-28-20)17-7-8-21(18(13-17)15-27-2)32-11-9-31(3)10-12-32/h4-8,13-14,27-28H,9-12,15H2,1-3H3. The molecule has 1 fully saturated rings. The Morgan fingerprint density at radius 1 is 1.12 bits per heavy atom. The van der Waals surface area contributed by atoms with Crippen molar-refractivity contribution in [2.45, 2.75) is 13.5 Å². The molecule has 1 saturated heterocycles. The van der Waals surface area contributed by atoms with Gasteiger partial charge in [0.25, 0.3) is 5.56 Å². The van der Waals surface area contributed by atoms with Crippen molar-refractivity contribution in [3.63, 3.8) is 0 Å². The van der Waals surface area contributed by atoms with Crippen LogP contribution in [0.3, 0.4) is 0 Å². The quantitative estimate of drug-likeness (QED) is 0.476. The molecular weight excluding hydrogens is 433 g/mol. The molecule has 3 heterocycles. The lowest BCUT2D eigenvalue weighted by Gasteiger charge is -2.35. The van der Waals surface area contributed by atoms with Crippen LogP contribution in [-0.4, -0.2) is 65.2 Å². The topological polar surface area (TPSA) is 82.1 Å². The van der Waals surface area contributed by atoms with Gasteiger partial charge in [0.2, 0.25) is 0 Å². The van der Waals surface area contributed by atoms with E-state index in [9.17, 15) is 9.18 Å². The highest BCUT2D eigenvalue weighted by atomic mass is 19.1. The lowest BCUT2D eigenvalue weighted by Crippen LogP contribution is -2.44. The number of benzene rings is 2. The van der Waals surface area contributed by atoms with Crippen molar-refractivity contribution in [1.29, 1.82) is 0 Å². The van der Waals surface area contributed by atoms with Crippen molar-refractivity contribution < 1.29 is 4.39 Å². The highest BCUT2D eigenvalue weighted by Gasteiger charge is 2.20. The fourth-order valence-corrected chi connectivity index (χ4v) is 4.56. The summed E-state index contributed by atoms with van der Waals surface area (Å²) in [5.74, 6) is -0.494. The van der Waals surface area contributed by atoms with Gasteiger partial charge in [0.05, 0.1) is 5.52 Å². The first-order valence-corrected chi connectivity index (χ1v) is 11.4. The number of piperazine rings is 1. The Morgan fingerprint density at radius 2 is 1.91 bits per heavy atom. The zero-order valence-corrected chi connectivity index (χ0v) is 19.6. The maximum atomic E-state index is 14.6. The van der Waals surface area contributed by atoms with Crippen molar-refractivity contribution in [1.82, 2.24) is 30.2 Å². The smallest absolute Gasteiger partial charge is 0.273 e. The second-order valence-corrected chi connectivity index (χ2v) is 8.80. The molecule has 5 rings (SSSR count). The molecule has 1 aliphatic rings. The average molecular weight is 462 g/mol. The van der Waals surface area contributed by atoms with Gasteiger partial charge in [-0.05, 0) is 50.3 Å². The van der Waals surface area contributed by atoms with Crippen LogP contribution in [0.2, 0.25) is 0 Å². The predicted molar refractivity (Wildman–Crippen MR) is 132 cm³/mol. The number of nitrogens with one attached hydrogen (secondary N) is 2. The molecule has 8 nitrogen and oxygen atoms in total. The second kappa shape index (κ2) is 9.00. The molecule has 9 heteroatoms. The molecule has 0 bridgehead atoms. The molecule has 0 radical (unpaired) electrons. The summed E-state index contributed by atoms with van der Waals surface area (Å²) in [4.78, 5) is 17.5. The summed E-state index contributed by atoms with van der Waals surface area (Å²) in [6.45, 7) is 6.49. The van der Waals surface area contributed by atoms with E-state index in [0.717, 1.165) is 36.4 Å². The number of aryl methyl sites for hydroxylation is 1. The Labute approximate surface area is 197 Å². The summed E-state index contributed by atoms with van der Waals surface area (Å²) in [5.41, 5.74) is 5.29. The number of halogens is 1. The van der Waals surface area contributed by atoms with Crippen LogP contribution in [0.1, 0.15) is 11.1 Å². The fourth-order valence-electron chi connectivity index (χ4n) is 4.56. The van der Waals surface area contributed by atoms with Crippen LogP contribution in [-0.2, 0) is 6.54 Å². The minimum Gasteiger partial charge on any atom is -0.369 e. The SMILES string of the molecule is CNCc1cc(-c2n[nH]c3cc(=O)n(-c4c(C)cccc4F)nc23)ccc1N1CCN(C)CC1. The summed E-state index contributed by atoms with van der Waals surface area (Å²) >= 11 is 0. The van der Waals surface area contributed by atoms with Crippen LogP contribution in [0.5, 0.6) is 0 Å². The summed E-state index contributed by atoms with van der Waals surface area (Å²) in [6.07, 6.45) is 0. The monoisotopic (exact) mass is 461 g/mol. The van der Waals surface area contributed by atoms with Gasteiger partial charge >= 0.3 is 0 Å². The zero-order chi connectivity index (χ0) is 23.8. The van der Waals surface area contributed by atoms with E-state index < -0.39 is 11.4 Å². The van der Waals surface area contributed by atoms with Gasteiger partial charge in [-0.15, -0.1) is 0 Å². The van der Waals surface area contributed by atoms with Gasteiger partial charge in [-0.1, -0.05) is 18.2 Å². The van der Waals surface area contributed by atoms with Gasteiger partial charge in [-0.25, -0.2) is 4.39 Å². The summed E-state index contributed by atoms with van der Waals surface area (Å²) in [7, 11) is 4.08. The van der Waals surface area contributed by atoms with Gasteiger partial charge in [0.1, 0.15) is 22.7 Å². The highest BCUT2D eigenvalue weighted by molar-refractivity contribution is 5.89. The molecule has 0 amide bonds. The number of fused-ring (bicyclic) bond motifs is 1. The normalized spacial score (nSPS) is 14.8. The van der Waals surface area contributed by atoms with E-state index in [-0.39, 0.29) is 5.69 Å². The lowest BCUT2D eigenvalue weighted by atomic mass is 10.0. The van der Waals surface area contributed by atoms with Crippen LogP contribution in [0.15, 0.2) is 47.3 Å². The van der Waals surface area contributed by atoms with Crippen molar-refractivity contribution in [3.05, 3.63) is 69.8 Å². The molecule has 176 valence electrons. The van der Waals surface area contributed by atoms with Gasteiger partial charge in [-0.2, -0.15) is 14.9 Å². The van der Waals surface area contributed by atoms with Crippen molar-refractivity contribution in [2.24, 2.45) is 0 Å². The maximum absolute atomic E-state index is 14.6. The molecule has 4 aromatic rings. The zero-order valence-electron chi connectivity index (χ0n) is 19.6. The van der Waals surface area contributed by atoms with Gasteiger partial charge in [-0.3, -0.25) is 9.89 Å². The molecule has 2 aromatic carbocycles. The van der Waals surface area contributed by atoms with Crippen LogP contribution < -0.4 is 15.8 Å². The molecule has 0 saturated carbocycles. The molecule has 0 atom stereocenters. The van der Waals surface area contributed by atoms with E-state index in [0.29, 0.717) is 28.8 Å². The van der Waals surface area contributed by atoms with Crippen LogP contribution in [0.25, 0.3) is 28.0 Å². The summed E-state index contributed by atoms with van der Waals surface area (Å²) in [6, 6.07) is 12.4. The Hall–Kier alpha value is -3.56. The van der Waals surface area contributed by atoms with E-state index in [1.54, 1.807) is 19.1 Å². The lowest BCUT2D eigenvalue weighted by molar-refractivity contribution is 0.312. The highest BCUT2D eigenvalue weighted by Crippen LogP contribution is 2.30. The molecule has 0 spiro atoms. The van der Waals surface area contributed by atoms with Crippen LogP contribution >= 0.6 is 0 Å². The molecular formula is C25H28FN7O. The molecule has 2 aromatic heterocycles. The summed E-state index contributed by atoms with van der Waals surface area (Å²) in [5, 5.41) is 15.2. The first-order valence-electron chi connectivity index (χ1n) is 11.4. The molecule has 1 aliphatic heterocycles. The minimum absolute atomic E-state index is 0.155. The second-order valence-electron chi connectivity index (χ2n) is 8.80. The molecule has 0 aliphatic carbocycles. The molecule has 2 N–H and O–H groups in total. The van der Waals surface area contributed by atoms with E-state index >= 15 is 0 Å². The third-order valence-electron chi connectivity index (χ3n) is 6.41. The van der Waals surface area contributed by atoms with E-state index in [4.69, 9.17) is 0 Å². The van der Waals surface area contributed by atoms with Crippen LogP contribution in [0, 0.1) is 12.7 Å². The van der Waals surface area contributed by atoms with Gasteiger partial charge < -0.3 is 15.1 Å². The van der Waals surface area contributed by atoms with Gasteiger partial charge in [0, 0.05) is 50.0 Å². The molecule has 34 heavy (non-hydrogen) atoms. The Bertz CT molecular complexity index is 1380. The van der Waals surface area contributed by atoms with E-state index in [2.05, 4.69) is 49.6 Å². The number of aromatic nitrogens is 4. The number of nitrogens with zero attached hydrogens (tertiary/aromatic N) is 5. The number of hydrogen-bond acceptors (Lipinski definition) is 6. The Kier molecular flexibility index (Phi) is 5.89. The Morgan fingerprint density at radius 3 is 2.65 bits per heavy atom. The number of H-pyrrole nitrogens is 1. The number of anilines is 1.